The van der Waals surface area contributed by atoms with E-state index in [0.717, 1.165) is 12.1 Å². The Kier molecular flexibility index (Phi) is 4.29. The molecule has 3 heterocycles. The topological polar surface area (TPSA) is 66.2 Å². The number of rotatable bonds is 5. The Bertz CT molecular complexity index is 1020. The second kappa shape index (κ2) is 6.12. The van der Waals surface area contributed by atoms with E-state index in [0.29, 0.717) is 41.8 Å². The molecule has 0 fully saturated rings. The number of hydrogen-bond acceptors (Lipinski definition) is 3. The highest BCUT2D eigenvalue weighted by Gasteiger charge is 2.19. The van der Waals surface area contributed by atoms with Crippen LogP contribution in [0.25, 0.3) is 16.9 Å². The van der Waals surface area contributed by atoms with E-state index in [1.54, 1.807) is 11.4 Å². The van der Waals surface area contributed by atoms with Crippen molar-refractivity contribution in [2.24, 2.45) is 13.0 Å². The summed E-state index contributed by atoms with van der Waals surface area (Å²) < 4.78 is 6.48. The van der Waals surface area contributed by atoms with Crippen LogP contribution < -0.4 is 11.2 Å². The maximum Gasteiger partial charge on any atom is 0.332 e. The van der Waals surface area contributed by atoms with Gasteiger partial charge in [-0.05, 0) is 19.3 Å². The van der Waals surface area contributed by atoms with Crippen molar-refractivity contribution in [2.45, 2.75) is 40.3 Å². The molecule has 0 atom stereocenters. The van der Waals surface area contributed by atoms with Gasteiger partial charge in [0.15, 0.2) is 11.2 Å². The number of nitrogens with zero attached hydrogens (tertiary/aromatic N) is 5. The number of imidazole rings is 2. The third-order valence-corrected chi connectivity index (χ3v) is 4.55. The number of alkyl halides is 1. The van der Waals surface area contributed by atoms with Crippen LogP contribution in [-0.2, 0) is 20.1 Å². The summed E-state index contributed by atoms with van der Waals surface area (Å²) in [5.41, 5.74) is 1.21. The Morgan fingerprint density at radius 1 is 1.21 bits per heavy atom. The van der Waals surface area contributed by atoms with Gasteiger partial charge in [-0.3, -0.25) is 18.3 Å². The zero-order valence-corrected chi connectivity index (χ0v) is 15.2. The van der Waals surface area contributed by atoms with E-state index in [4.69, 9.17) is 11.6 Å². The molecule has 3 rings (SSSR count). The van der Waals surface area contributed by atoms with Crippen LogP contribution in [0.4, 0.5) is 0 Å². The molecule has 130 valence electrons. The first kappa shape index (κ1) is 16.8. The van der Waals surface area contributed by atoms with Crippen molar-refractivity contribution in [2.75, 3.05) is 5.88 Å². The van der Waals surface area contributed by atoms with E-state index >= 15 is 0 Å². The standard InChI is InChI=1S/C16H22ClN5O2/c1-10(2)5-7-21-14(23)12-13(19(4)16(21)24)18-15-20(8-6-17)11(3)9-22(12)15/h9-10H,5-8H2,1-4H3. The van der Waals surface area contributed by atoms with Gasteiger partial charge in [0.05, 0.1) is 0 Å². The smallest absolute Gasteiger partial charge is 0.313 e. The minimum atomic E-state index is -0.325. The molecule has 0 saturated heterocycles. The highest BCUT2D eigenvalue weighted by atomic mass is 35.5. The third kappa shape index (κ3) is 2.47. The van der Waals surface area contributed by atoms with Crippen LogP contribution in [-0.4, -0.2) is 29.0 Å². The van der Waals surface area contributed by atoms with Crippen molar-refractivity contribution in [3.05, 3.63) is 32.7 Å². The molecule has 0 saturated carbocycles. The molecule has 0 N–H and O–H groups in total. The summed E-state index contributed by atoms with van der Waals surface area (Å²) >= 11 is 5.87. The molecule has 24 heavy (non-hydrogen) atoms. The van der Waals surface area contributed by atoms with Crippen molar-refractivity contribution in [1.82, 2.24) is 23.1 Å². The Morgan fingerprint density at radius 3 is 2.54 bits per heavy atom. The third-order valence-electron chi connectivity index (χ3n) is 4.38. The first-order chi connectivity index (χ1) is 11.4. The predicted octanol–water partition coefficient (Wildman–Crippen LogP) is 1.74. The molecule has 7 nitrogen and oxygen atoms in total. The molecule has 0 spiro atoms. The summed E-state index contributed by atoms with van der Waals surface area (Å²) in [6, 6.07) is 0. The van der Waals surface area contributed by atoms with Crippen molar-refractivity contribution in [3.8, 4) is 0 Å². The zero-order valence-electron chi connectivity index (χ0n) is 14.4. The lowest BCUT2D eigenvalue weighted by molar-refractivity contribution is 0.488. The maximum atomic E-state index is 12.9. The minimum absolute atomic E-state index is 0.288. The first-order valence-corrected chi connectivity index (χ1v) is 8.64. The quantitative estimate of drug-likeness (QED) is 0.658. The summed E-state index contributed by atoms with van der Waals surface area (Å²) in [5.74, 6) is 1.50. The second-order valence-corrected chi connectivity index (χ2v) is 6.92. The summed E-state index contributed by atoms with van der Waals surface area (Å²) in [5, 5.41) is 0. The lowest BCUT2D eigenvalue weighted by Crippen LogP contribution is -2.39. The summed E-state index contributed by atoms with van der Waals surface area (Å²) in [6.45, 7) is 7.10. The Balaban J connectivity index is 2.34. The largest absolute Gasteiger partial charge is 0.332 e. The summed E-state index contributed by atoms with van der Waals surface area (Å²) in [7, 11) is 1.65. The Morgan fingerprint density at radius 2 is 1.92 bits per heavy atom. The van der Waals surface area contributed by atoms with E-state index in [-0.39, 0.29) is 11.2 Å². The molecule has 3 aromatic rings. The Hall–Kier alpha value is -2.02. The molecule has 8 heteroatoms. The van der Waals surface area contributed by atoms with Crippen LogP contribution in [0.15, 0.2) is 15.8 Å². The Labute approximate surface area is 144 Å². The van der Waals surface area contributed by atoms with Gasteiger partial charge >= 0.3 is 5.69 Å². The monoisotopic (exact) mass is 351 g/mol. The molecule has 0 aliphatic carbocycles. The minimum Gasteiger partial charge on any atom is -0.313 e. The van der Waals surface area contributed by atoms with E-state index in [2.05, 4.69) is 18.8 Å². The van der Waals surface area contributed by atoms with Crippen molar-refractivity contribution in [3.63, 3.8) is 0 Å². The molecular formula is C16H22ClN5O2. The average Bonchev–Trinajstić information content (AvgIpc) is 3.02. The van der Waals surface area contributed by atoms with Gasteiger partial charge in [-0.15, -0.1) is 11.6 Å². The van der Waals surface area contributed by atoms with Crippen LogP contribution >= 0.6 is 11.6 Å². The molecule has 0 aliphatic heterocycles. The molecular weight excluding hydrogens is 330 g/mol. The number of aromatic nitrogens is 5. The fourth-order valence-corrected chi connectivity index (χ4v) is 3.17. The lowest BCUT2D eigenvalue weighted by atomic mass is 10.1. The van der Waals surface area contributed by atoms with Gasteiger partial charge in [-0.2, -0.15) is 4.98 Å². The van der Waals surface area contributed by atoms with Crippen molar-refractivity contribution in [1.29, 1.82) is 0 Å². The van der Waals surface area contributed by atoms with Gasteiger partial charge in [0.1, 0.15) is 0 Å². The van der Waals surface area contributed by atoms with E-state index in [9.17, 15) is 9.59 Å². The molecule has 3 aromatic heterocycles. The van der Waals surface area contributed by atoms with Crippen LogP contribution in [0.2, 0.25) is 0 Å². The molecule has 0 amide bonds. The highest BCUT2D eigenvalue weighted by molar-refractivity contribution is 6.17. The molecule has 0 aliphatic rings. The fraction of sp³-hybridized carbons (Fsp3) is 0.562. The molecule has 0 radical (unpaired) electrons. The lowest BCUT2D eigenvalue weighted by Gasteiger charge is -2.09. The van der Waals surface area contributed by atoms with Crippen LogP contribution in [0, 0.1) is 12.8 Å². The fourth-order valence-electron chi connectivity index (χ4n) is 3.00. The second-order valence-electron chi connectivity index (χ2n) is 6.55. The number of hydrogen-bond donors (Lipinski definition) is 0. The SMILES string of the molecule is Cc1cn2c3c(=O)n(CCC(C)C)c(=O)n(C)c3nc2n1CCCl. The van der Waals surface area contributed by atoms with Crippen molar-refractivity contribution < 1.29 is 0 Å². The van der Waals surface area contributed by atoms with Gasteiger partial charge in [-0.1, -0.05) is 13.8 Å². The average molecular weight is 352 g/mol. The summed E-state index contributed by atoms with van der Waals surface area (Å²) in [4.78, 5) is 30.0. The maximum absolute atomic E-state index is 12.9. The number of aryl methyl sites for hydroxylation is 3. The highest BCUT2D eigenvalue weighted by Crippen LogP contribution is 2.16. The first-order valence-electron chi connectivity index (χ1n) is 8.10. The number of fused-ring (bicyclic) bond motifs is 3. The van der Waals surface area contributed by atoms with E-state index in [1.807, 2.05) is 17.7 Å². The normalized spacial score (nSPS) is 12.1. The predicted molar refractivity (Wildman–Crippen MR) is 95.1 cm³/mol. The van der Waals surface area contributed by atoms with Crippen LogP contribution in [0.5, 0.6) is 0 Å². The van der Waals surface area contributed by atoms with E-state index < -0.39 is 0 Å². The van der Waals surface area contributed by atoms with Crippen LogP contribution in [0.3, 0.4) is 0 Å². The van der Waals surface area contributed by atoms with Gasteiger partial charge in [0, 0.05) is 37.9 Å². The summed E-state index contributed by atoms with van der Waals surface area (Å²) in [6.07, 6.45) is 2.64. The van der Waals surface area contributed by atoms with Gasteiger partial charge in [-0.25, -0.2) is 4.79 Å². The van der Waals surface area contributed by atoms with Gasteiger partial charge in [0.25, 0.3) is 5.56 Å². The molecule has 0 unspecified atom stereocenters. The van der Waals surface area contributed by atoms with Crippen LogP contribution in [0.1, 0.15) is 26.0 Å². The van der Waals surface area contributed by atoms with Gasteiger partial charge in [0.2, 0.25) is 5.78 Å². The van der Waals surface area contributed by atoms with E-state index in [1.165, 1.54) is 9.13 Å². The number of halogens is 1. The van der Waals surface area contributed by atoms with Crippen molar-refractivity contribution >= 4 is 28.5 Å². The van der Waals surface area contributed by atoms with Gasteiger partial charge < -0.3 is 4.57 Å². The molecule has 0 aromatic carbocycles. The molecule has 0 bridgehead atoms. The zero-order chi connectivity index (χ0) is 17.6.